The Hall–Kier alpha value is -3.61. The van der Waals surface area contributed by atoms with Gasteiger partial charge in [-0.25, -0.2) is 9.97 Å². The Bertz CT molecular complexity index is 928. The number of benzene rings is 2. The Morgan fingerprint density at radius 2 is 1.69 bits per heavy atom. The van der Waals surface area contributed by atoms with Crippen LogP contribution in [-0.4, -0.2) is 36.6 Å². The number of hydrogen-bond donors (Lipinski definition) is 2. The zero-order chi connectivity index (χ0) is 20.5. The second kappa shape index (κ2) is 10.1. The molecule has 3 rings (SSSR count). The normalized spacial score (nSPS) is 10.3. The van der Waals surface area contributed by atoms with Crippen molar-refractivity contribution in [3.8, 4) is 11.5 Å². The van der Waals surface area contributed by atoms with E-state index in [1.807, 2.05) is 48.5 Å². The summed E-state index contributed by atoms with van der Waals surface area (Å²) in [6.07, 6.45) is 3.76. The van der Waals surface area contributed by atoms with E-state index < -0.39 is 0 Å². The van der Waals surface area contributed by atoms with Gasteiger partial charge in [0.15, 0.2) is 0 Å². The minimum atomic E-state index is -0.199. The van der Waals surface area contributed by atoms with Gasteiger partial charge in [-0.1, -0.05) is 30.3 Å². The third kappa shape index (κ3) is 5.68. The van der Waals surface area contributed by atoms with E-state index in [-0.39, 0.29) is 5.91 Å². The molecule has 0 atom stereocenters. The summed E-state index contributed by atoms with van der Waals surface area (Å²) in [7, 11) is 3.27. The number of anilines is 1. The Morgan fingerprint density at radius 1 is 0.966 bits per heavy atom. The number of aromatic nitrogens is 2. The van der Waals surface area contributed by atoms with Crippen molar-refractivity contribution >= 4 is 11.9 Å². The molecule has 0 spiro atoms. The number of ether oxygens (including phenoxy) is 2. The van der Waals surface area contributed by atoms with E-state index in [1.54, 1.807) is 14.2 Å². The summed E-state index contributed by atoms with van der Waals surface area (Å²) in [5.74, 6) is 1.86. The van der Waals surface area contributed by atoms with Gasteiger partial charge in [0.1, 0.15) is 11.5 Å². The standard InChI is InChI=1S/C22H24N4O3/c1-28-19-9-7-16(8-10-19)11-12-23-21(27)18-14-25-22(26-15-18)24-13-17-5-3-4-6-20(17)29-2/h3-10,14-15H,11-13H2,1-2H3,(H,23,27)(H,24,25,26). The number of rotatable bonds is 9. The summed E-state index contributed by atoms with van der Waals surface area (Å²) < 4.78 is 10.5. The number of methoxy groups -OCH3 is 2. The van der Waals surface area contributed by atoms with Crippen molar-refractivity contribution in [1.82, 2.24) is 15.3 Å². The van der Waals surface area contributed by atoms with Gasteiger partial charge in [-0.3, -0.25) is 4.79 Å². The van der Waals surface area contributed by atoms with Crippen LogP contribution in [0.4, 0.5) is 5.95 Å². The van der Waals surface area contributed by atoms with Gasteiger partial charge in [-0.2, -0.15) is 0 Å². The zero-order valence-electron chi connectivity index (χ0n) is 16.5. The Balaban J connectivity index is 1.48. The second-order valence-electron chi connectivity index (χ2n) is 6.31. The predicted molar refractivity (Wildman–Crippen MR) is 111 cm³/mol. The molecular weight excluding hydrogens is 368 g/mol. The third-order valence-corrected chi connectivity index (χ3v) is 4.40. The molecular formula is C22H24N4O3. The topological polar surface area (TPSA) is 85.4 Å². The molecule has 150 valence electrons. The first-order chi connectivity index (χ1) is 14.2. The van der Waals surface area contributed by atoms with Crippen LogP contribution in [0.15, 0.2) is 60.9 Å². The van der Waals surface area contributed by atoms with Crippen molar-refractivity contribution in [3.63, 3.8) is 0 Å². The summed E-state index contributed by atoms with van der Waals surface area (Å²) in [4.78, 5) is 20.7. The Kier molecular flexibility index (Phi) is 7.00. The molecule has 0 unspecified atom stereocenters. The third-order valence-electron chi connectivity index (χ3n) is 4.40. The lowest BCUT2D eigenvalue weighted by Gasteiger charge is -2.09. The van der Waals surface area contributed by atoms with Crippen LogP contribution in [0.5, 0.6) is 11.5 Å². The van der Waals surface area contributed by atoms with Crippen LogP contribution in [0.1, 0.15) is 21.5 Å². The summed E-state index contributed by atoms with van der Waals surface area (Å²) >= 11 is 0. The number of carbonyl (C=O) groups excluding carboxylic acids is 1. The summed E-state index contributed by atoms with van der Waals surface area (Å²) in [5.41, 5.74) is 2.54. The van der Waals surface area contributed by atoms with Crippen molar-refractivity contribution in [1.29, 1.82) is 0 Å². The summed E-state index contributed by atoms with van der Waals surface area (Å²) in [5, 5.41) is 6.01. The van der Waals surface area contributed by atoms with Crippen LogP contribution in [-0.2, 0) is 13.0 Å². The monoisotopic (exact) mass is 392 g/mol. The van der Waals surface area contributed by atoms with Gasteiger partial charge in [0.05, 0.1) is 19.8 Å². The molecule has 3 aromatic rings. The molecule has 0 aliphatic carbocycles. The highest BCUT2D eigenvalue weighted by atomic mass is 16.5. The first-order valence-electron chi connectivity index (χ1n) is 9.28. The van der Waals surface area contributed by atoms with E-state index in [4.69, 9.17) is 9.47 Å². The van der Waals surface area contributed by atoms with Gasteiger partial charge in [-0.05, 0) is 30.2 Å². The van der Waals surface area contributed by atoms with Crippen LogP contribution < -0.4 is 20.1 Å². The molecule has 1 heterocycles. The highest BCUT2D eigenvalue weighted by Crippen LogP contribution is 2.18. The summed E-state index contributed by atoms with van der Waals surface area (Å²) in [6, 6.07) is 15.5. The fourth-order valence-corrected chi connectivity index (χ4v) is 2.77. The number of para-hydroxylation sites is 1. The van der Waals surface area contributed by atoms with Crippen molar-refractivity contribution in [2.24, 2.45) is 0 Å². The lowest BCUT2D eigenvalue weighted by molar-refractivity contribution is 0.0953. The molecule has 2 N–H and O–H groups in total. The maximum atomic E-state index is 12.3. The van der Waals surface area contributed by atoms with Crippen LogP contribution in [0.3, 0.4) is 0 Å². The Labute approximate surface area is 170 Å². The van der Waals surface area contributed by atoms with Crippen LogP contribution >= 0.6 is 0 Å². The van der Waals surface area contributed by atoms with E-state index in [1.165, 1.54) is 12.4 Å². The molecule has 0 saturated heterocycles. The SMILES string of the molecule is COc1ccc(CCNC(=O)c2cnc(NCc3ccccc3OC)nc2)cc1. The van der Waals surface area contributed by atoms with Crippen molar-refractivity contribution in [2.45, 2.75) is 13.0 Å². The minimum absolute atomic E-state index is 0.199. The lowest BCUT2D eigenvalue weighted by Crippen LogP contribution is -2.26. The maximum Gasteiger partial charge on any atom is 0.254 e. The van der Waals surface area contributed by atoms with Crippen LogP contribution in [0.2, 0.25) is 0 Å². The molecule has 29 heavy (non-hydrogen) atoms. The molecule has 0 bridgehead atoms. The fourth-order valence-electron chi connectivity index (χ4n) is 2.77. The van der Waals surface area contributed by atoms with E-state index in [2.05, 4.69) is 20.6 Å². The number of hydrogen-bond acceptors (Lipinski definition) is 6. The molecule has 0 radical (unpaired) electrons. The molecule has 0 saturated carbocycles. The Morgan fingerprint density at radius 3 is 2.38 bits per heavy atom. The number of nitrogens with one attached hydrogen (secondary N) is 2. The van der Waals surface area contributed by atoms with E-state index in [0.29, 0.717) is 24.6 Å². The first-order valence-corrected chi connectivity index (χ1v) is 9.28. The molecule has 0 aliphatic rings. The minimum Gasteiger partial charge on any atom is -0.497 e. The largest absolute Gasteiger partial charge is 0.497 e. The smallest absolute Gasteiger partial charge is 0.254 e. The highest BCUT2D eigenvalue weighted by molar-refractivity contribution is 5.93. The first kappa shape index (κ1) is 20.1. The van der Waals surface area contributed by atoms with E-state index >= 15 is 0 Å². The summed E-state index contributed by atoms with van der Waals surface area (Å²) in [6.45, 7) is 1.05. The second-order valence-corrected chi connectivity index (χ2v) is 6.31. The molecule has 0 fully saturated rings. The number of amides is 1. The van der Waals surface area contributed by atoms with Crippen molar-refractivity contribution < 1.29 is 14.3 Å². The van der Waals surface area contributed by atoms with Crippen LogP contribution in [0.25, 0.3) is 0 Å². The molecule has 2 aromatic carbocycles. The van der Waals surface area contributed by atoms with Gasteiger partial charge in [0.2, 0.25) is 5.95 Å². The molecule has 7 heteroatoms. The zero-order valence-corrected chi connectivity index (χ0v) is 16.5. The van der Waals surface area contributed by atoms with E-state index in [9.17, 15) is 4.79 Å². The highest BCUT2D eigenvalue weighted by Gasteiger charge is 2.08. The van der Waals surface area contributed by atoms with Crippen molar-refractivity contribution in [2.75, 3.05) is 26.1 Å². The van der Waals surface area contributed by atoms with E-state index in [0.717, 1.165) is 29.0 Å². The molecule has 0 aliphatic heterocycles. The predicted octanol–water partition coefficient (Wildman–Crippen LogP) is 3.08. The fraction of sp³-hybridized carbons (Fsp3) is 0.227. The number of carbonyl (C=O) groups is 1. The average Bonchev–Trinajstić information content (AvgIpc) is 2.78. The van der Waals surface area contributed by atoms with Gasteiger partial charge in [-0.15, -0.1) is 0 Å². The lowest BCUT2D eigenvalue weighted by atomic mass is 10.1. The number of nitrogens with zero attached hydrogens (tertiary/aromatic N) is 2. The van der Waals surface area contributed by atoms with Gasteiger partial charge in [0.25, 0.3) is 5.91 Å². The maximum absolute atomic E-state index is 12.3. The van der Waals surface area contributed by atoms with Gasteiger partial charge in [0, 0.05) is 31.0 Å². The molecule has 1 aromatic heterocycles. The van der Waals surface area contributed by atoms with Crippen LogP contribution in [0, 0.1) is 0 Å². The quantitative estimate of drug-likeness (QED) is 0.582. The average molecular weight is 392 g/mol. The van der Waals surface area contributed by atoms with Crippen molar-refractivity contribution in [3.05, 3.63) is 77.6 Å². The van der Waals surface area contributed by atoms with Gasteiger partial charge < -0.3 is 20.1 Å². The van der Waals surface area contributed by atoms with Gasteiger partial charge >= 0.3 is 0 Å². The molecule has 7 nitrogen and oxygen atoms in total. The molecule has 1 amide bonds.